The first-order chi connectivity index (χ1) is 10.8. The highest BCUT2D eigenvalue weighted by molar-refractivity contribution is 6.34. The van der Waals surface area contributed by atoms with Crippen LogP contribution in [0.25, 0.3) is 11.0 Å². The first-order valence-electron chi connectivity index (χ1n) is 6.20. The number of hydrogen-bond acceptors (Lipinski definition) is 4. The lowest BCUT2D eigenvalue weighted by atomic mass is 10.2. The number of halogens is 5. The van der Waals surface area contributed by atoms with Crippen LogP contribution in [0.2, 0.25) is 5.02 Å². The number of benzene rings is 1. The number of pyridine rings is 1. The van der Waals surface area contributed by atoms with Gasteiger partial charge in [-0.05, 0) is 18.2 Å². The van der Waals surface area contributed by atoms with Gasteiger partial charge in [-0.1, -0.05) is 17.7 Å². The van der Waals surface area contributed by atoms with Crippen LogP contribution in [0.5, 0.6) is 0 Å². The molecule has 10 heteroatoms. The van der Waals surface area contributed by atoms with Gasteiger partial charge < -0.3 is 11.1 Å². The summed E-state index contributed by atoms with van der Waals surface area (Å²) in [6.45, 7) is 0. The lowest BCUT2D eigenvalue weighted by Crippen LogP contribution is -2.07. The molecular weight excluding hydrogens is 338 g/mol. The number of aromatic amines is 1. The minimum absolute atomic E-state index is 0.0649. The van der Waals surface area contributed by atoms with E-state index in [-0.39, 0.29) is 28.4 Å². The van der Waals surface area contributed by atoms with Gasteiger partial charge in [0.1, 0.15) is 0 Å². The van der Waals surface area contributed by atoms with Crippen molar-refractivity contribution < 1.29 is 17.6 Å². The van der Waals surface area contributed by atoms with Crippen LogP contribution in [0.1, 0.15) is 5.56 Å². The molecule has 2 heterocycles. The molecule has 0 spiro atoms. The van der Waals surface area contributed by atoms with Crippen molar-refractivity contribution in [3.8, 4) is 0 Å². The third-order valence-corrected chi connectivity index (χ3v) is 3.50. The Morgan fingerprint density at radius 2 is 2.00 bits per heavy atom. The molecule has 0 fully saturated rings. The fourth-order valence-corrected chi connectivity index (χ4v) is 2.29. The highest BCUT2D eigenvalue weighted by Gasteiger charge is 2.34. The smallest absolute Gasteiger partial charge is 0.382 e. The molecular formula is C13H8ClF4N5. The van der Waals surface area contributed by atoms with Crippen LogP contribution in [0.3, 0.4) is 0 Å². The Morgan fingerprint density at radius 1 is 1.26 bits per heavy atom. The first-order valence-corrected chi connectivity index (χ1v) is 6.58. The predicted octanol–water partition coefficient (Wildman–Crippen LogP) is 4.10. The van der Waals surface area contributed by atoms with Crippen molar-refractivity contribution in [2.24, 2.45) is 0 Å². The summed E-state index contributed by atoms with van der Waals surface area (Å²) in [7, 11) is 0. The number of fused-ring (bicyclic) bond motifs is 1. The Morgan fingerprint density at radius 3 is 2.70 bits per heavy atom. The zero-order chi connectivity index (χ0) is 16.8. The lowest BCUT2D eigenvalue weighted by Gasteiger charge is -2.13. The van der Waals surface area contributed by atoms with Crippen LogP contribution in [0.4, 0.5) is 34.9 Å². The van der Waals surface area contributed by atoms with E-state index in [0.29, 0.717) is 0 Å². The Balaban J connectivity index is 2.04. The molecule has 23 heavy (non-hydrogen) atoms. The van der Waals surface area contributed by atoms with Gasteiger partial charge in [-0.3, -0.25) is 5.10 Å². The van der Waals surface area contributed by atoms with Crippen molar-refractivity contribution in [1.82, 2.24) is 15.2 Å². The summed E-state index contributed by atoms with van der Waals surface area (Å²) in [5, 5.41) is 8.29. The molecule has 0 unspecified atom stereocenters. The van der Waals surface area contributed by atoms with Crippen LogP contribution in [0.15, 0.2) is 24.3 Å². The third kappa shape index (κ3) is 2.74. The largest absolute Gasteiger partial charge is 0.417 e. The summed E-state index contributed by atoms with van der Waals surface area (Å²) in [6.07, 6.45) is -4.62. The molecule has 3 rings (SSSR count). The summed E-state index contributed by atoms with van der Waals surface area (Å²) < 4.78 is 52.5. The van der Waals surface area contributed by atoms with Crippen molar-refractivity contribution >= 4 is 40.0 Å². The van der Waals surface area contributed by atoms with Gasteiger partial charge in [0.05, 0.1) is 21.7 Å². The highest BCUT2D eigenvalue weighted by atomic mass is 35.5. The molecule has 3 aromatic rings. The van der Waals surface area contributed by atoms with Gasteiger partial charge in [0.15, 0.2) is 23.1 Å². The van der Waals surface area contributed by atoms with Gasteiger partial charge >= 0.3 is 6.18 Å². The maximum atomic E-state index is 14.0. The van der Waals surface area contributed by atoms with Crippen molar-refractivity contribution in [2.75, 3.05) is 11.1 Å². The Bertz CT molecular complexity index is 890. The zero-order valence-electron chi connectivity index (χ0n) is 11.2. The van der Waals surface area contributed by atoms with E-state index in [4.69, 9.17) is 17.3 Å². The summed E-state index contributed by atoms with van der Waals surface area (Å²) in [6, 6.07) is 4.34. The van der Waals surface area contributed by atoms with E-state index in [9.17, 15) is 17.6 Å². The number of aromatic nitrogens is 3. The number of hydrogen-bond donors (Lipinski definition) is 3. The maximum absolute atomic E-state index is 14.0. The number of H-pyrrole nitrogens is 1. The van der Waals surface area contributed by atoms with Crippen LogP contribution < -0.4 is 11.1 Å². The molecule has 120 valence electrons. The van der Waals surface area contributed by atoms with Gasteiger partial charge in [-0.15, -0.1) is 0 Å². The molecule has 0 bridgehead atoms. The summed E-state index contributed by atoms with van der Waals surface area (Å²) in [4.78, 5) is 3.90. The van der Waals surface area contributed by atoms with Gasteiger partial charge in [0, 0.05) is 0 Å². The van der Waals surface area contributed by atoms with Crippen LogP contribution >= 0.6 is 11.6 Å². The Hall–Kier alpha value is -2.55. The van der Waals surface area contributed by atoms with Crippen molar-refractivity contribution in [1.29, 1.82) is 0 Å². The number of nitrogens with zero attached hydrogens (tertiary/aromatic N) is 2. The predicted molar refractivity (Wildman–Crippen MR) is 78.0 cm³/mol. The molecule has 0 saturated heterocycles. The molecule has 0 atom stereocenters. The number of rotatable bonds is 2. The van der Waals surface area contributed by atoms with E-state index in [2.05, 4.69) is 20.5 Å². The SMILES string of the molecule is Nc1n[nH]c2nc(Nc3cccc(C(F)(F)F)c3Cl)c(F)cc12. The molecule has 0 radical (unpaired) electrons. The van der Waals surface area contributed by atoms with E-state index in [1.807, 2.05) is 0 Å². The van der Waals surface area contributed by atoms with Crippen LogP contribution in [0, 0.1) is 5.82 Å². The maximum Gasteiger partial charge on any atom is 0.417 e. The molecule has 2 aromatic heterocycles. The van der Waals surface area contributed by atoms with E-state index in [1.54, 1.807) is 0 Å². The van der Waals surface area contributed by atoms with E-state index in [1.165, 1.54) is 6.07 Å². The molecule has 4 N–H and O–H groups in total. The second kappa shape index (κ2) is 5.27. The van der Waals surface area contributed by atoms with Gasteiger partial charge in [0.2, 0.25) is 0 Å². The number of alkyl halides is 3. The molecule has 5 nitrogen and oxygen atoms in total. The second-order valence-corrected chi connectivity index (χ2v) is 4.99. The number of nitrogens with two attached hydrogens (primary N) is 1. The number of nitrogens with one attached hydrogen (secondary N) is 2. The van der Waals surface area contributed by atoms with Crippen molar-refractivity contribution in [2.45, 2.75) is 6.18 Å². The van der Waals surface area contributed by atoms with Crippen molar-refractivity contribution in [3.05, 3.63) is 40.7 Å². The molecule has 0 aliphatic carbocycles. The summed E-state index contributed by atoms with van der Waals surface area (Å²) >= 11 is 5.75. The quantitative estimate of drug-likeness (QED) is 0.611. The summed E-state index contributed by atoms with van der Waals surface area (Å²) in [5.41, 5.74) is 4.56. The molecule has 1 aromatic carbocycles. The molecule has 0 aliphatic rings. The topological polar surface area (TPSA) is 79.6 Å². The van der Waals surface area contributed by atoms with E-state index in [0.717, 1.165) is 18.2 Å². The first kappa shape index (κ1) is 15.3. The fraction of sp³-hybridized carbons (Fsp3) is 0.0769. The van der Waals surface area contributed by atoms with Crippen LogP contribution in [-0.4, -0.2) is 15.2 Å². The second-order valence-electron chi connectivity index (χ2n) is 4.61. The van der Waals surface area contributed by atoms with Crippen LogP contribution in [-0.2, 0) is 6.18 Å². The lowest BCUT2D eigenvalue weighted by molar-refractivity contribution is -0.137. The Labute approximate surface area is 131 Å². The standard InChI is InChI=1S/C13H8ClF4N5/c14-9-6(13(16,17)18)2-1-3-8(9)20-12-7(15)4-5-10(19)22-23-11(5)21-12/h1-4H,(H4,19,20,21,22,23). The third-order valence-electron chi connectivity index (χ3n) is 3.09. The molecule has 0 amide bonds. The highest BCUT2D eigenvalue weighted by Crippen LogP contribution is 2.39. The zero-order valence-corrected chi connectivity index (χ0v) is 11.9. The monoisotopic (exact) mass is 345 g/mol. The normalized spacial score (nSPS) is 11.9. The fourth-order valence-electron chi connectivity index (χ4n) is 2.01. The van der Waals surface area contributed by atoms with E-state index < -0.39 is 22.6 Å². The average molecular weight is 346 g/mol. The van der Waals surface area contributed by atoms with Gasteiger partial charge in [-0.25, -0.2) is 9.37 Å². The minimum atomic E-state index is -4.62. The number of nitrogen functional groups attached to an aromatic ring is 1. The molecule has 0 aliphatic heterocycles. The average Bonchev–Trinajstić information content (AvgIpc) is 2.81. The number of anilines is 3. The van der Waals surface area contributed by atoms with Crippen molar-refractivity contribution in [3.63, 3.8) is 0 Å². The van der Waals surface area contributed by atoms with Gasteiger partial charge in [-0.2, -0.15) is 18.3 Å². The van der Waals surface area contributed by atoms with Gasteiger partial charge in [0.25, 0.3) is 0 Å². The Kier molecular flexibility index (Phi) is 3.52. The minimum Gasteiger partial charge on any atom is -0.382 e. The summed E-state index contributed by atoms with van der Waals surface area (Å²) in [5.74, 6) is -1.04. The molecule has 0 saturated carbocycles. The van der Waals surface area contributed by atoms with E-state index >= 15 is 0 Å².